The van der Waals surface area contributed by atoms with Crippen LogP contribution in [-0.4, -0.2) is 48.3 Å². The predicted molar refractivity (Wildman–Crippen MR) is 119 cm³/mol. The number of hydrogen-bond acceptors (Lipinski definition) is 6. The monoisotopic (exact) mass is 480 g/mol. The topological polar surface area (TPSA) is 107 Å². The number of nitrogens with one attached hydrogen (secondary N) is 1. The van der Waals surface area contributed by atoms with Crippen LogP contribution in [-0.2, 0) is 22.6 Å². The smallest absolute Gasteiger partial charge is 0.257 e. The molecule has 0 fully saturated rings. The normalized spacial score (nSPS) is 19.9. The van der Waals surface area contributed by atoms with Gasteiger partial charge in [-0.15, -0.1) is 0 Å². The molecule has 2 aromatic rings. The SMILES string of the molecule is COCCC[C@]1(C)C(=O)c2c(O)c(=O)c(C(=O)NCc3cccc(Cl)c3F)cn2C[C@@H]1OC. The van der Waals surface area contributed by atoms with E-state index in [-0.39, 0.29) is 34.9 Å². The predicted octanol–water partition coefficient (Wildman–Crippen LogP) is 2.92. The van der Waals surface area contributed by atoms with E-state index in [2.05, 4.69) is 5.32 Å². The van der Waals surface area contributed by atoms with Crippen molar-refractivity contribution in [3.05, 3.63) is 62.3 Å². The maximum Gasteiger partial charge on any atom is 0.257 e. The minimum atomic E-state index is -0.981. The fraction of sp³-hybridized carbons (Fsp3) is 0.435. The Morgan fingerprint density at radius 3 is 2.76 bits per heavy atom. The molecule has 8 nitrogen and oxygen atoms in total. The summed E-state index contributed by atoms with van der Waals surface area (Å²) in [6.07, 6.45) is 1.69. The molecule has 1 aromatic heterocycles. The number of hydrogen-bond donors (Lipinski definition) is 2. The van der Waals surface area contributed by atoms with Crippen molar-refractivity contribution >= 4 is 23.3 Å². The lowest BCUT2D eigenvalue weighted by Gasteiger charge is -2.41. The summed E-state index contributed by atoms with van der Waals surface area (Å²) >= 11 is 5.75. The number of Topliss-reactive ketones (excluding diaryl/α,β-unsaturated/α-hetero) is 1. The van der Waals surface area contributed by atoms with E-state index in [4.69, 9.17) is 21.1 Å². The van der Waals surface area contributed by atoms with Crippen LogP contribution in [0, 0.1) is 11.2 Å². The molecule has 0 bridgehead atoms. The van der Waals surface area contributed by atoms with Crippen LogP contribution in [0.3, 0.4) is 0 Å². The van der Waals surface area contributed by atoms with E-state index in [1.54, 1.807) is 14.0 Å². The quantitative estimate of drug-likeness (QED) is 0.563. The number of rotatable bonds is 8. The lowest BCUT2D eigenvalue weighted by atomic mass is 9.72. The summed E-state index contributed by atoms with van der Waals surface area (Å²) in [5.74, 6) is -2.74. The molecule has 0 aliphatic carbocycles. The second-order valence-electron chi connectivity index (χ2n) is 8.18. The number of ether oxygens (including phenoxy) is 2. The summed E-state index contributed by atoms with van der Waals surface area (Å²) in [6, 6.07) is 4.36. The molecule has 0 radical (unpaired) electrons. The fourth-order valence-electron chi connectivity index (χ4n) is 4.14. The molecular weight excluding hydrogens is 455 g/mol. The molecule has 0 saturated heterocycles. The van der Waals surface area contributed by atoms with Crippen molar-refractivity contribution in [2.45, 2.75) is 39.0 Å². The molecule has 1 aliphatic heterocycles. The van der Waals surface area contributed by atoms with Gasteiger partial charge in [0.05, 0.1) is 23.1 Å². The Morgan fingerprint density at radius 1 is 1.36 bits per heavy atom. The average molecular weight is 481 g/mol. The number of nitrogens with zero attached hydrogens (tertiary/aromatic N) is 1. The maximum absolute atomic E-state index is 14.1. The van der Waals surface area contributed by atoms with Crippen LogP contribution in [0.25, 0.3) is 0 Å². The van der Waals surface area contributed by atoms with Gasteiger partial charge in [0.1, 0.15) is 17.1 Å². The molecule has 1 aromatic carbocycles. The van der Waals surface area contributed by atoms with Gasteiger partial charge in [0, 0.05) is 39.1 Å². The Hall–Kier alpha value is -2.75. The zero-order valence-electron chi connectivity index (χ0n) is 18.6. The number of fused-ring (bicyclic) bond motifs is 1. The number of ketones is 1. The first-order chi connectivity index (χ1) is 15.7. The summed E-state index contributed by atoms with van der Waals surface area (Å²) in [4.78, 5) is 38.8. The Kier molecular flexibility index (Phi) is 7.56. The van der Waals surface area contributed by atoms with Crippen molar-refractivity contribution in [2.75, 3.05) is 20.8 Å². The van der Waals surface area contributed by atoms with Crippen LogP contribution in [0.15, 0.2) is 29.2 Å². The summed E-state index contributed by atoms with van der Waals surface area (Å²) in [5.41, 5.74) is -2.35. The molecular formula is C23H26ClFN2O6. The third-order valence-corrected chi connectivity index (χ3v) is 6.40. The highest BCUT2D eigenvalue weighted by Crippen LogP contribution is 2.40. The van der Waals surface area contributed by atoms with E-state index in [0.29, 0.717) is 19.4 Å². The van der Waals surface area contributed by atoms with Crippen LogP contribution in [0.4, 0.5) is 4.39 Å². The number of carbonyl (C=O) groups is 2. The highest BCUT2D eigenvalue weighted by Gasteiger charge is 2.48. The van der Waals surface area contributed by atoms with Crippen LogP contribution < -0.4 is 10.7 Å². The molecule has 2 heterocycles. The zero-order valence-corrected chi connectivity index (χ0v) is 19.4. The van der Waals surface area contributed by atoms with Crippen molar-refractivity contribution in [3.63, 3.8) is 0 Å². The van der Waals surface area contributed by atoms with Gasteiger partial charge < -0.3 is 24.5 Å². The second-order valence-corrected chi connectivity index (χ2v) is 8.59. The van der Waals surface area contributed by atoms with Crippen molar-refractivity contribution in [1.29, 1.82) is 0 Å². The number of amides is 1. The van der Waals surface area contributed by atoms with E-state index in [1.807, 2.05) is 0 Å². The van der Waals surface area contributed by atoms with Gasteiger partial charge in [-0.1, -0.05) is 23.7 Å². The fourth-order valence-corrected chi connectivity index (χ4v) is 4.33. The lowest BCUT2D eigenvalue weighted by molar-refractivity contribution is -0.0209. The van der Waals surface area contributed by atoms with Crippen LogP contribution in [0.1, 0.15) is 46.2 Å². The lowest BCUT2D eigenvalue weighted by Crippen LogP contribution is -2.50. The van der Waals surface area contributed by atoms with Gasteiger partial charge in [-0.3, -0.25) is 14.4 Å². The molecule has 10 heteroatoms. The number of pyridine rings is 1. The number of aromatic hydroxyl groups is 1. The van der Waals surface area contributed by atoms with Gasteiger partial charge in [-0.2, -0.15) is 0 Å². The standard InChI is InChI=1S/C23H26ClFN2O6/c1-23(8-5-9-32-2)16(33-3)12-27-11-14(19(28)20(29)18(27)21(23)30)22(31)26-10-13-6-4-7-15(24)17(13)25/h4,6-7,11,16,29H,5,8-10,12H2,1-3H3,(H,26,31)/t16-,23-/m0/s1. The highest BCUT2D eigenvalue weighted by atomic mass is 35.5. The van der Waals surface area contributed by atoms with Gasteiger partial charge in [0.25, 0.3) is 5.91 Å². The summed E-state index contributed by atoms with van der Waals surface area (Å²) in [5, 5.41) is 13.0. The second kappa shape index (κ2) is 10.0. The number of carbonyl (C=O) groups excluding carboxylic acids is 2. The number of aromatic nitrogens is 1. The summed E-state index contributed by atoms with van der Waals surface area (Å²) in [7, 11) is 3.04. The summed E-state index contributed by atoms with van der Waals surface area (Å²) in [6.45, 7) is 2.11. The van der Waals surface area contributed by atoms with Crippen LogP contribution in [0.5, 0.6) is 5.75 Å². The molecule has 3 rings (SSSR count). The minimum absolute atomic E-state index is 0.0917. The van der Waals surface area contributed by atoms with Gasteiger partial charge in [-0.25, -0.2) is 4.39 Å². The molecule has 1 aliphatic rings. The van der Waals surface area contributed by atoms with Gasteiger partial charge in [-0.05, 0) is 25.8 Å². The molecule has 0 unspecified atom stereocenters. The van der Waals surface area contributed by atoms with Crippen molar-refractivity contribution in [3.8, 4) is 5.75 Å². The molecule has 2 atom stereocenters. The Bertz CT molecular complexity index is 1130. The molecule has 0 saturated carbocycles. The molecule has 2 N–H and O–H groups in total. The molecule has 178 valence electrons. The zero-order chi connectivity index (χ0) is 24.3. The van der Waals surface area contributed by atoms with E-state index < -0.39 is 40.2 Å². The molecule has 33 heavy (non-hydrogen) atoms. The van der Waals surface area contributed by atoms with Crippen molar-refractivity contribution in [2.24, 2.45) is 5.41 Å². The molecule has 0 spiro atoms. The maximum atomic E-state index is 14.1. The minimum Gasteiger partial charge on any atom is -0.503 e. The average Bonchev–Trinajstić information content (AvgIpc) is 2.79. The Morgan fingerprint density at radius 2 is 2.09 bits per heavy atom. The number of halogens is 2. The van der Waals surface area contributed by atoms with E-state index in [0.717, 1.165) is 0 Å². The van der Waals surface area contributed by atoms with Gasteiger partial charge in [0.15, 0.2) is 11.5 Å². The number of benzene rings is 1. The van der Waals surface area contributed by atoms with Crippen molar-refractivity contribution in [1.82, 2.24) is 9.88 Å². The largest absolute Gasteiger partial charge is 0.503 e. The third kappa shape index (κ3) is 4.66. The van der Waals surface area contributed by atoms with Crippen molar-refractivity contribution < 1.29 is 28.6 Å². The van der Waals surface area contributed by atoms with Crippen LogP contribution in [0.2, 0.25) is 5.02 Å². The molecule has 1 amide bonds. The summed E-state index contributed by atoms with van der Waals surface area (Å²) < 4.78 is 26.1. The van der Waals surface area contributed by atoms with Crippen LogP contribution >= 0.6 is 11.6 Å². The Labute approximate surface area is 195 Å². The highest BCUT2D eigenvalue weighted by molar-refractivity contribution is 6.30. The van der Waals surface area contributed by atoms with E-state index in [1.165, 1.54) is 36.1 Å². The first kappa shape index (κ1) is 24.9. The number of methoxy groups -OCH3 is 2. The third-order valence-electron chi connectivity index (χ3n) is 6.11. The van der Waals surface area contributed by atoms with E-state index in [9.17, 15) is 23.9 Å². The first-order valence-corrected chi connectivity index (χ1v) is 10.8. The van der Waals surface area contributed by atoms with E-state index >= 15 is 0 Å². The Balaban J connectivity index is 1.92. The van der Waals surface area contributed by atoms with Gasteiger partial charge >= 0.3 is 0 Å². The first-order valence-electron chi connectivity index (χ1n) is 10.4. The van der Waals surface area contributed by atoms with Gasteiger partial charge in [0.2, 0.25) is 5.43 Å².